The molecular weight excluding hydrogens is 548 g/mol. The normalized spacial score (nSPS) is 17.4. The largest absolute Gasteiger partial charge is 0.388 e. The first kappa shape index (κ1) is 28.0. The summed E-state index contributed by atoms with van der Waals surface area (Å²) in [7, 11) is 1.78. The number of aromatic nitrogens is 3. The summed E-state index contributed by atoms with van der Waals surface area (Å²) >= 11 is 0. The highest BCUT2D eigenvalue weighted by molar-refractivity contribution is 5.85. The summed E-state index contributed by atoms with van der Waals surface area (Å²) in [4.78, 5) is 24.9. The highest BCUT2D eigenvalue weighted by Gasteiger charge is 2.30. The van der Waals surface area contributed by atoms with Crippen molar-refractivity contribution < 1.29 is 13.5 Å². The van der Waals surface area contributed by atoms with Gasteiger partial charge in [0.15, 0.2) is 11.6 Å². The lowest BCUT2D eigenvalue weighted by atomic mass is 9.95. The Bertz CT molecular complexity index is 1810. The molecule has 0 radical (unpaired) electrons. The van der Waals surface area contributed by atoms with Crippen LogP contribution in [-0.4, -0.2) is 52.8 Å². The Morgan fingerprint density at radius 2 is 1.74 bits per heavy atom. The van der Waals surface area contributed by atoms with Crippen LogP contribution in [0.3, 0.4) is 0 Å². The van der Waals surface area contributed by atoms with Gasteiger partial charge in [0, 0.05) is 66.8 Å². The second-order valence-electron chi connectivity index (χ2n) is 12.4. The first-order chi connectivity index (χ1) is 20.8. The Hall–Kier alpha value is -3.82. The number of hydrogen-bond acceptors (Lipinski definition) is 5. The number of H-pyrrole nitrogens is 1. The van der Waals surface area contributed by atoms with Crippen LogP contribution < -0.4 is 10.9 Å². The van der Waals surface area contributed by atoms with Gasteiger partial charge in [-0.25, -0.2) is 13.8 Å². The standard InChI is InChI=1S/C34H37F2N5O2/c1-19(2)32(37-3)26-16-29(36)28(35)15-24(26)22-12-30(21-6-7-21)39-31(13-22)41-18-27(20-4-5-20)25-14-23(38-33(25)34(41)42)17-40-8-10-43-11-9-40/h12-16,18,20-21,37-38H,4-11,17H2,1-3H3. The van der Waals surface area contributed by atoms with Crippen LogP contribution in [0.15, 0.2) is 46.9 Å². The fourth-order valence-electron chi connectivity index (χ4n) is 6.32. The molecular formula is C34H37F2N5O2. The molecule has 9 heteroatoms. The number of halogens is 2. The molecule has 2 N–H and O–H groups in total. The van der Waals surface area contributed by atoms with Gasteiger partial charge in [0.1, 0.15) is 11.3 Å². The highest BCUT2D eigenvalue weighted by atomic mass is 19.2. The first-order valence-electron chi connectivity index (χ1n) is 15.3. The van der Waals surface area contributed by atoms with Crippen LogP contribution in [0.2, 0.25) is 0 Å². The van der Waals surface area contributed by atoms with Gasteiger partial charge in [-0.05, 0) is 92.5 Å². The third-order valence-corrected chi connectivity index (χ3v) is 8.87. The summed E-state index contributed by atoms with van der Waals surface area (Å²) in [5, 5.41) is 4.15. The van der Waals surface area contributed by atoms with Crippen molar-refractivity contribution >= 4 is 16.6 Å². The Morgan fingerprint density at radius 3 is 2.42 bits per heavy atom. The molecule has 4 aromatic rings. The third kappa shape index (κ3) is 5.40. The smallest absolute Gasteiger partial charge is 0.280 e. The zero-order valence-electron chi connectivity index (χ0n) is 24.9. The van der Waals surface area contributed by atoms with Gasteiger partial charge < -0.3 is 15.0 Å². The Balaban J connectivity index is 1.39. The van der Waals surface area contributed by atoms with E-state index in [0.29, 0.717) is 33.9 Å². The number of hydrogen-bond donors (Lipinski definition) is 2. The van der Waals surface area contributed by atoms with Gasteiger partial charge in [0.2, 0.25) is 0 Å². The van der Waals surface area contributed by atoms with E-state index in [1.165, 1.54) is 12.1 Å². The number of nitrogens with zero attached hydrogens (tertiary/aromatic N) is 3. The van der Waals surface area contributed by atoms with Crippen LogP contribution in [0.5, 0.6) is 0 Å². The number of morpholine rings is 1. The third-order valence-electron chi connectivity index (χ3n) is 8.87. The second kappa shape index (κ2) is 11.0. The van der Waals surface area contributed by atoms with Crippen molar-refractivity contribution in [1.29, 1.82) is 0 Å². The van der Waals surface area contributed by atoms with Crippen molar-refractivity contribution in [2.45, 2.75) is 57.9 Å². The van der Waals surface area contributed by atoms with Crippen molar-refractivity contribution in [1.82, 2.24) is 24.8 Å². The number of aromatic amines is 1. The SMILES string of the molecule is CNC(=C(C)C)c1cc(F)c(F)cc1-c1cc(C2CC2)nc(-n2cc(C3CC3)c3cc(CN4CCOCC4)[nH]c3c2=O)c1. The average Bonchev–Trinajstić information content (AvgIpc) is 3.93. The van der Waals surface area contributed by atoms with Crippen molar-refractivity contribution in [3.8, 4) is 16.9 Å². The lowest BCUT2D eigenvalue weighted by molar-refractivity contribution is 0.0337. The van der Waals surface area contributed by atoms with Crippen LogP contribution >= 0.6 is 0 Å². The Labute approximate surface area is 249 Å². The van der Waals surface area contributed by atoms with Crippen LogP contribution in [0.25, 0.3) is 33.5 Å². The van der Waals surface area contributed by atoms with E-state index in [2.05, 4.69) is 21.3 Å². The zero-order chi connectivity index (χ0) is 29.8. The number of pyridine rings is 2. The monoisotopic (exact) mass is 585 g/mol. The fraction of sp³-hybridized carbons (Fsp3) is 0.412. The van der Waals surface area contributed by atoms with Crippen LogP contribution in [-0.2, 0) is 11.3 Å². The van der Waals surface area contributed by atoms with Gasteiger partial charge in [-0.15, -0.1) is 0 Å². The van der Waals surface area contributed by atoms with E-state index in [4.69, 9.17) is 9.72 Å². The molecule has 3 aliphatic rings. The van der Waals surface area contributed by atoms with E-state index in [1.54, 1.807) is 11.6 Å². The number of benzene rings is 1. The van der Waals surface area contributed by atoms with E-state index in [9.17, 15) is 13.6 Å². The molecule has 7 rings (SSSR count). The molecule has 2 saturated carbocycles. The minimum atomic E-state index is -0.914. The van der Waals surface area contributed by atoms with Crippen LogP contribution in [0, 0.1) is 11.6 Å². The van der Waals surface area contributed by atoms with E-state index in [0.717, 1.165) is 92.1 Å². The van der Waals surface area contributed by atoms with Gasteiger partial charge in [0.25, 0.3) is 5.56 Å². The van der Waals surface area contributed by atoms with E-state index >= 15 is 0 Å². The Kier molecular flexibility index (Phi) is 7.18. The lowest BCUT2D eigenvalue weighted by Crippen LogP contribution is -2.35. The minimum Gasteiger partial charge on any atom is -0.388 e. The Morgan fingerprint density at radius 1 is 1.02 bits per heavy atom. The number of nitrogens with one attached hydrogen (secondary N) is 2. The maximum Gasteiger partial charge on any atom is 0.280 e. The molecule has 3 aromatic heterocycles. The first-order valence-corrected chi connectivity index (χ1v) is 15.3. The molecule has 1 aliphatic heterocycles. The number of rotatable bonds is 8. The topological polar surface area (TPSA) is 75.2 Å². The molecule has 0 unspecified atom stereocenters. The minimum absolute atomic E-state index is 0.162. The maximum absolute atomic E-state index is 14.8. The van der Waals surface area contributed by atoms with Crippen molar-refractivity contribution in [3.63, 3.8) is 0 Å². The predicted molar refractivity (Wildman–Crippen MR) is 164 cm³/mol. The number of ether oxygens (including phenoxy) is 1. The van der Waals surface area contributed by atoms with Gasteiger partial charge in [-0.2, -0.15) is 0 Å². The molecule has 0 atom stereocenters. The average molecular weight is 586 g/mol. The molecule has 2 aliphatic carbocycles. The second-order valence-corrected chi connectivity index (χ2v) is 12.4. The molecule has 4 heterocycles. The zero-order valence-corrected chi connectivity index (χ0v) is 24.9. The molecule has 0 spiro atoms. The summed E-state index contributed by atoms with van der Waals surface area (Å²) in [6.45, 7) is 7.76. The van der Waals surface area contributed by atoms with Crippen molar-refractivity contribution in [2.24, 2.45) is 0 Å². The predicted octanol–water partition coefficient (Wildman–Crippen LogP) is 6.22. The summed E-state index contributed by atoms with van der Waals surface area (Å²) in [5.74, 6) is -0.631. The van der Waals surface area contributed by atoms with E-state index in [-0.39, 0.29) is 11.5 Å². The van der Waals surface area contributed by atoms with E-state index in [1.807, 2.05) is 32.2 Å². The molecule has 1 saturated heterocycles. The molecule has 224 valence electrons. The van der Waals surface area contributed by atoms with Gasteiger partial charge in [-0.3, -0.25) is 14.3 Å². The van der Waals surface area contributed by atoms with Gasteiger partial charge in [-0.1, -0.05) is 5.57 Å². The summed E-state index contributed by atoms with van der Waals surface area (Å²) in [6.07, 6.45) is 6.16. The number of allylic oxidation sites excluding steroid dienone is 1. The van der Waals surface area contributed by atoms with Crippen LogP contribution in [0.4, 0.5) is 8.78 Å². The summed E-state index contributed by atoms with van der Waals surface area (Å²) < 4.78 is 36.5. The van der Waals surface area contributed by atoms with Crippen molar-refractivity contribution in [3.05, 3.63) is 86.6 Å². The summed E-state index contributed by atoms with van der Waals surface area (Å²) in [6, 6.07) is 8.44. The number of fused-ring (bicyclic) bond motifs is 1. The fourth-order valence-corrected chi connectivity index (χ4v) is 6.32. The van der Waals surface area contributed by atoms with Crippen molar-refractivity contribution in [2.75, 3.05) is 33.4 Å². The summed E-state index contributed by atoms with van der Waals surface area (Å²) in [5.41, 5.74) is 6.96. The molecule has 3 fully saturated rings. The van der Waals surface area contributed by atoms with Gasteiger partial charge >= 0.3 is 0 Å². The molecule has 1 aromatic carbocycles. The van der Waals surface area contributed by atoms with E-state index < -0.39 is 11.6 Å². The quantitative estimate of drug-likeness (QED) is 0.257. The van der Waals surface area contributed by atoms with Crippen LogP contribution in [0.1, 0.15) is 73.9 Å². The molecule has 0 amide bonds. The van der Waals surface area contributed by atoms with Gasteiger partial charge in [0.05, 0.1) is 13.2 Å². The molecule has 0 bridgehead atoms. The molecule has 43 heavy (non-hydrogen) atoms. The lowest BCUT2D eigenvalue weighted by Gasteiger charge is -2.25. The molecule has 7 nitrogen and oxygen atoms in total. The highest BCUT2D eigenvalue weighted by Crippen LogP contribution is 2.44. The maximum atomic E-state index is 14.8.